The lowest BCUT2D eigenvalue weighted by molar-refractivity contribution is 0.685. The van der Waals surface area contributed by atoms with Crippen molar-refractivity contribution in [2.45, 2.75) is 13.3 Å². The molecular formula is C12H19N5OS. The number of imidazole rings is 1. The van der Waals surface area contributed by atoms with Crippen molar-refractivity contribution in [3.05, 3.63) is 18.6 Å². The number of rotatable bonds is 7. The molecule has 0 aliphatic rings. The maximum absolute atomic E-state index is 11.0. The molecule has 0 spiro atoms. The van der Waals surface area contributed by atoms with Crippen molar-refractivity contribution >= 4 is 28.1 Å². The Kier molecular flexibility index (Phi) is 4.73. The molecule has 7 heteroatoms. The number of hydrogen-bond acceptors (Lipinski definition) is 5. The molecular weight excluding hydrogens is 262 g/mol. The molecule has 1 unspecified atom stereocenters. The lowest BCUT2D eigenvalue weighted by Crippen LogP contribution is -2.10. The van der Waals surface area contributed by atoms with E-state index in [9.17, 15) is 4.21 Å². The highest BCUT2D eigenvalue weighted by Gasteiger charge is 2.06. The third-order valence-electron chi connectivity index (χ3n) is 2.63. The Morgan fingerprint density at radius 2 is 2.26 bits per heavy atom. The van der Waals surface area contributed by atoms with Crippen LogP contribution in [0.5, 0.6) is 0 Å². The van der Waals surface area contributed by atoms with Crippen LogP contribution in [-0.2, 0) is 10.8 Å². The van der Waals surface area contributed by atoms with E-state index in [1.54, 1.807) is 12.5 Å². The SMILES string of the molecule is CCNc1cn2ccnc2c(NCCCS(C)=O)n1. The van der Waals surface area contributed by atoms with E-state index in [2.05, 4.69) is 20.6 Å². The largest absolute Gasteiger partial charge is 0.369 e. The van der Waals surface area contributed by atoms with E-state index in [1.807, 2.05) is 23.7 Å². The van der Waals surface area contributed by atoms with Crippen LogP contribution >= 0.6 is 0 Å². The lowest BCUT2D eigenvalue weighted by Gasteiger charge is -2.09. The van der Waals surface area contributed by atoms with Gasteiger partial charge in [-0.25, -0.2) is 9.97 Å². The third kappa shape index (κ3) is 3.66. The second kappa shape index (κ2) is 6.51. The number of anilines is 2. The summed E-state index contributed by atoms with van der Waals surface area (Å²) in [5.74, 6) is 2.27. The van der Waals surface area contributed by atoms with Crippen LogP contribution in [-0.4, -0.2) is 43.7 Å². The first-order chi connectivity index (χ1) is 9.20. The van der Waals surface area contributed by atoms with Crippen LogP contribution in [0.4, 0.5) is 11.6 Å². The van der Waals surface area contributed by atoms with Crippen LogP contribution in [0.15, 0.2) is 18.6 Å². The molecule has 1 atom stereocenters. The second-order valence-electron chi connectivity index (χ2n) is 4.22. The van der Waals surface area contributed by atoms with Crippen LogP contribution in [0.1, 0.15) is 13.3 Å². The van der Waals surface area contributed by atoms with E-state index < -0.39 is 10.8 Å². The Morgan fingerprint density at radius 3 is 3.00 bits per heavy atom. The fourth-order valence-electron chi connectivity index (χ4n) is 1.80. The van der Waals surface area contributed by atoms with Crippen LogP contribution in [0, 0.1) is 0 Å². The second-order valence-corrected chi connectivity index (χ2v) is 5.78. The standard InChI is InChI=1S/C12H19N5OS/c1-3-13-10-9-17-7-6-15-12(17)11(16-10)14-5-4-8-19(2)18/h6-7,9,13H,3-5,8H2,1-2H3,(H,14,16). The van der Waals surface area contributed by atoms with Crippen molar-refractivity contribution in [2.24, 2.45) is 0 Å². The van der Waals surface area contributed by atoms with E-state index in [1.165, 1.54) is 0 Å². The zero-order valence-electron chi connectivity index (χ0n) is 11.2. The molecule has 0 bridgehead atoms. The van der Waals surface area contributed by atoms with Gasteiger partial charge in [0.2, 0.25) is 0 Å². The van der Waals surface area contributed by atoms with Crippen molar-refractivity contribution in [1.82, 2.24) is 14.4 Å². The fraction of sp³-hybridized carbons (Fsp3) is 0.500. The molecule has 2 N–H and O–H groups in total. The van der Waals surface area contributed by atoms with E-state index >= 15 is 0 Å². The first kappa shape index (κ1) is 13.8. The van der Waals surface area contributed by atoms with Gasteiger partial charge in [-0.2, -0.15) is 0 Å². The number of aromatic nitrogens is 3. The number of hydrogen-bond donors (Lipinski definition) is 2. The Bertz CT molecular complexity index is 568. The number of fused-ring (bicyclic) bond motifs is 1. The predicted molar refractivity (Wildman–Crippen MR) is 79.2 cm³/mol. The van der Waals surface area contributed by atoms with Gasteiger partial charge in [0.15, 0.2) is 11.5 Å². The Hall–Kier alpha value is -1.63. The summed E-state index contributed by atoms with van der Waals surface area (Å²) in [6, 6.07) is 0. The minimum Gasteiger partial charge on any atom is -0.369 e. The predicted octanol–water partition coefficient (Wildman–Crippen LogP) is 1.34. The average Bonchev–Trinajstić information content (AvgIpc) is 2.83. The summed E-state index contributed by atoms with van der Waals surface area (Å²) in [7, 11) is -0.744. The van der Waals surface area contributed by atoms with Gasteiger partial charge >= 0.3 is 0 Å². The molecule has 0 saturated carbocycles. The third-order valence-corrected chi connectivity index (χ3v) is 3.50. The van der Waals surface area contributed by atoms with Gasteiger partial charge in [-0.15, -0.1) is 0 Å². The minimum absolute atomic E-state index is 0.699. The molecule has 0 fully saturated rings. The van der Waals surface area contributed by atoms with Crippen molar-refractivity contribution in [2.75, 3.05) is 35.7 Å². The molecule has 0 saturated heterocycles. The van der Waals surface area contributed by atoms with Gasteiger partial charge in [0.05, 0.1) is 6.20 Å². The van der Waals surface area contributed by atoms with E-state index in [4.69, 9.17) is 0 Å². The molecule has 2 heterocycles. The summed E-state index contributed by atoms with van der Waals surface area (Å²) < 4.78 is 12.9. The highest BCUT2D eigenvalue weighted by Crippen LogP contribution is 2.16. The number of nitrogens with one attached hydrogen (secondary N) is 2. The van der Waals surface area contributed by atoms with Crippen LogP contribution in [0.3, 0.4) is 0 Å². The lowest BCUT2D eigenvalue weighted by atomic mass is 10.4. The van der Waals surface area contributed by atoms with Crippen molar-refractivity contribution in [3.63, 3.8) is 0 Å². The first-order valence-corrected chi connectivity index (χ1v) is 8.05. The summed E-state index contributed by atoms with van der Waals surface area (Å²) >= 11 is 0. The molecule has 0 aliphatic heterocycles. The summed E-state index contributed by atoms with van der Waals surface area (Å²) in [5.41, 5.74) is 0.805. The summed E-state index contributed by atoms with van der Waals surface area (Å²) in [4.78, 5) is 8.78. The number of nitrogens with zero attached hydrogens (tertiary/aromatic N) is 3. The van der Waals surface area contributed by atoms with E-state index in [0.29, 0.717) is 5.75 Å². The molecule has 0 aromatic carbocycles. The Labute approximate surface area is 115 Å². The summed E-state index contributed by atoms with van der Waals surface area (Å²) in [6.45, 7) is 3.59. The normalized spacial score (nSPS) is 12.5. The zero-order chi connectivity index (χ0) is 13.7. The van der Waals surface area contributed by atoms with Gasteiger partial charge < -0.3 is 15.0 Å². The zero-order valence-corrected chi connectivity index (χ0v) is 12.0. The molecule has 0 aliphatic carbocycles. The molecule has 19 heavy (non-hydrogen) atoms. The fourth-order valence-corrected chi connectivity index (χ4v) is 2.35. The van der Waals surface area contributed by atoms with Gasteiger partial charge in [0.1, 0.15) is 5.82 Å². The molecule has 104 valence electrons. The molecule has 2 aromatic heterocycles. The van der Waals surface area contributed by atoms with Crippen molar-refractivity contribution in [3.8, 4) is 0 Å². The Balaban J connectivity index is 2.11. The quantitative estimate of drug-likeness (QED) is 0.749. The summed E-state index contributed by atoms with van der Waals surface area (Å²) in [5, 5.41) is 6.45. The van der Waals surface area contributed by atoms with Crippen molar-refractivity contribution < 1.29 is 4.21 Å². The maximum atomic E-state index is 11.0. The highest BCUT2D eigenvalue weighted by molar-refractivity contribution is 7.84. The molecule has 0 radical (unpaired) electrons. The van der Waals surface area contributed by atoms with E-state index in [0.717, 1.165) is 36.8 Å². The molecule has 2 aromatic rings. The minimum atomic E-state index is -0.744. The van der Waals surface area contributed by atoms with Gasteiger partial charge in [0.25, 0.3) is 0 Å². The van der Waals surface area contributed by atoms with Crippen LogP contribution in [0.25, 0.3) is 5.65 Å². The monoisotopic (exact) mass is 281 g/mol. The van der Waals surface area contributed by atoms with Crippen molar-refractivity contribution in [1.29, 1.82) is 0 Å². The van der Waals surface area contributed by atoms with Crippen LogP contribution in [0.2, 0.25) is 0 Å². The molecule has 2 rings (SSSR count). The Morgan fingerprint density at radius 1 is 1.42 bits per heavy atom. The smallest absolute Gasteiger partial charge is 0.180 e. The van der Waals surface area contributed by atoms with Gasteiger partial charge in [-0.1, -0.05) is 0 Å². The van der Waals surface area contributed by atoms with E-state index in [-0.39, 0.29) is 0 Å². The van der Waals surface area contributed by atoms with Gasteiger partial charge in [-0.05, 0) is 13.3 Å². The summed E-state index contributed by atoms with van der Waals surface area (Å²) in [6.07, 6.45) is 8.13. The van der Waals surface area contributed by atoms with Gasteiger partial charge in [-0.3, -0.25) is 4.21 Å². The first-order valence-electron chi connectivity index (χ1n) is 6.32. The average molecular weight is 281 g/mol. The van der Waals surface area contributed by atoms with Crippen LogP contribution < -0.4 is 10.6 Å². The van der Waals surface area contributed by atoms with Gasteiger partial charge in [0, 0.05) is 48.3 Å². The molecule has 0 amide bonds. The highest BCUT2D eigenvalue weighted by atomic mass is 32.2. The topological polar surface area (TPSA) is 71.3 Å². The maximum Gasteiger partial charge on any atom is 0.180 e. The molecule has 6 nitrogen and oxygen atoms in total.